The molecule has 1 amide bonds. The van der Waals surface area contributed by atoms with Crippen molar-refractivity contribution >= 4 is 17.4 Å². The molecule has 18 heavy (non-hydrogen) atoms. The van der Waals surface area contributed by atoms with Crippen LogP contribution in [-0.2, 0) is 11.3 Å². The number of nitrogen functional groups attached to an aromatic ring is 1. The summed E-state index contributed by atoms with van der Waals surface area (Å²) in [4.78, 5) is 13.5. The van der Waals surface area contributed by atoms with Gasteiger partial charge in [0.1, 0.15) is 0 Å². The van der Waals surface area contributed by atoms with Crippen LogP contribution < -0.4 is 16.0 Å². The molecular weight excluding hydrogens is 230 g/mol. The number of carbonyl (C=O) groups excluding carboxylic acids is 1. The molecule has 100 valence electrons. The number of nitrogens with zero attached hydrogens (tertiary/aromatic N) is 3. The molecule has 0 atom stereocenters. The highest BCUT2D eigenvalue weighted by Gasteiger charge is 2.21. The van der Waals surface area contributed by atoms with Crippen LogP contribution in [0, 0.1) is 6.92 Å². The van der Waals surface area contributed by atoms with Crippen molar-refractivity contribution in [2.24, 2.45) is 0 Å². The molecule has 0 unspecified atom stereocenters. The number of anilines is 2. The number of nitrogens with one attached hydrogen (secondary N) is 1. The van der Waals surface area contributed by atoms with Gasteiger partial charge in [0.25, 0.3) is 0 Å². The second kappa shape index (κ2) is 5.29. The van der Waals surface area contributed by atoms with Gasteiger partial charge in [0, 0.05) is 32.6 Å². The minimum Gasteiger partial charge on any atom is -0.394 e. The topological polar surface area (TPSA) is 76.2 Å². The first-order chi connectivity index (χ1) is 8.63. The maximum Gasteiger partial charge on any atom is 0.221 e. The molecule has 1 fully saturated rings. The van der Waals surface area contributed by atoms with Crippen molar-refractivity contribution in [1.82, 2.24) is 15.1 Å². The molecule has 1 saturated heterocycles. The number of nitrogens with two attached hydrogens (primary N) is 1. The minimum atomic E-state index is 0.106. The fraction of sp³-hybridized carbons (Fsp3) is 0.667. The van der Waals surface area contributed by atoms with Gasteiger partial charge >= 0.3 is 0 Å². The normalized spacial score (nSPS) is 16.6. The molecule has 0 spiro atoms. The van der Waals surface area contributed by atoms with E-state index in [9.17, 15) is 4.79 Å². The Labute approximate surface area is 107 Å². The molecule has 2 rings (SSSR count). The summed E-state index contributed by atoms with van der Waals surface area (Å²) >= 11 is 0. The lowest BCUT2D eigenvalue weighted by Gasteiger charge is -2.23. The van der Waals surface area contributed by atoms with Crippen LogP contribution in [0.2, 0.25) is 0 Å². The predicted octanol–water partition coefficient (Wildman–Crippen LogP) is 0.510. The maximum absolute atomic E-state index is 11.4. The van der Waals surface area contributed by atoms with Gasteiger partial charge < -0.3 is 16.0 Å². The Hall–Kier alpha value is -1.72. The van der Waals surface area contributed by atoms with Crippen LogP contribution in [0.1, 0.15) is 25.5 Å². The Balaban J connectivity index is 2.27. The number of carbonyl (C=O) groups is 1. The molecule has 1 aliphatic rings. The highest BCUT2D eigenvalue weighted by molar-refractivity contribution is 5.77. The van der Waals surface area contributed by atoms with Gasteiger partial charge in [-0.3, -0.25) is 4.79 Å². The first-order valence-corrected chi connectivity index (χ1v) is 6.48. The second-order valence-corrected chi connectivity index (χ2v) is 4.63. The third-order valence-corrected chi connectivity index (χ3v) is 3.19. The van der Waals surface area contributed by atoms with E-state index in [1.54, 1.807) is 0 Å². The number of aryl methyl sites for hydroxylation is 2. The number of hydrogen-bond acceptors (Lipinski definition) is 4. The molecule has 6 nitrogen and oxygen atoms in total. The lowest BCUT2D eigenvalue weighted by molar-refractivity contribution is -0.120. The number of aromatic nitrogens is 2. The number of amides is 1. The van der Waals surface area contributed by atoms with Gasteiger partial charge in [0.15, 0.2) is 5.82 Å². The van der Waals surface area contributed by atoms with E-state index in [0.29, 0.717) is 19.5 Å². The standard InChI is InChI=1S/C12H21N5O/c1-3-6-17-12(11(13)9(2)15-17)16-7-4-10(18)14-5-8-16/h3-8,13H2,1-2H3,(H,14,18). The molecule has 0 aromatic carbocycles. The zero-order valence-corrected chi connectivity index (χ0v) is 11.1. The van der Waals surface area contributed by atoms with E-state index >= 15 is 0 Å². The largest absolute Gasteiger partial charge is 0.394 e. The molecule has 1 aromatic rings. The second-order valence-electron chi connectivity index (χ2n) is 4.63. The van der Waals surface area contributed by atoms with E-state index in [-0.39, 0.29) is 5.91 Å². The third kappa shape index (κ3) is 2.42. The van der Waals surface area contributed by atoms with E-state index in [0.717, 1.165) is 36.7 Å². The summed E-state index contributed by atoms with van der Waals surface area (Å²) in [5.41, 5.74) is 7.72. The first kappa shape index (κ1) is 12.7. The van der Waals surface area contributed by atoms with Gasteiger partial charge in [-0.05, 0) is 13.3 Å². The predicted molar refractivity (Wildman–Crippen MR) is 71.5 cm³/mol. The average Bonchev–Trinajstić information content (AvgIpc) is 2.52. The molecule has 0 bridgehead atoms. The molecule has 0 saturated carbocycles. The van der Waals surface area contributed by atoms with E-state index in [1.807, 2.05) is 11.6 Å². The smallest absolute Gasteiger partial charge is 0.221 e. The molecular formula is C12H21N5O. The van der Waals surface area contributed by atoms with Crippen molar-refractivity contribution in [2.45, 2.75) is 33.2 Å². The molecule has 0 aliphatic carbocycles. The summed E-state index contributed by atoms with van der Waals surface area (Å²) in [6, 6.07) is 0. The van der Waals surface area contributed by atoms with Crippen LogP contribution in [0.25, 0.3) is 0 Å². The molecule has 1 aromatic heterocycles. The lowest BCUT2D eigenvalue weighted by atomic mass is 10.3. The summed E-state index contributed by atoms with van der Waals surface area (Å²) in [5.74, 6) is 1.07. The minimum absolute atomic E-state index is 0.106. The van der Waals surface area contributed by atoms with Crippen molar-refractivity contribution in [2.75, 3.05) is 30.3 Å². The van der Waals surface area contributed by atoms with E-state index < -0.39 is 0 Å². The fourth-order valence-electron chi connectivity index (χ4n) is 2.26. The summed E-state index contributed by atoms with van der Waals surface area (Å²) in [5, 5.41) is 7.34. The first-order valence-electron chi connectivity index (χ1n) is 6.48. The van der Waals surface area contributed by atoms with Crippen LogP contribution >= 0.6 is 0 Å². The third-order valence-electron chi connectivity index (χ3n) is 3.19. The Bertz CT molecular complexity index is 440. The number of rotatable bonds is 3. The summed E-state index contributed by atoms with van der Waals surface area (Å²) in [6.45, 7) is 7.03. The SMILES string of the molecule is CCCn1nc(C)c(N)c1N1CCNC(=O)CC1. The average molecular weight is 251 g/mol. The highest BCUT2D eigenvalue weighted by Crippen LogP contribution is 2.27. The Morgan fingerprint density at radius 3 is 2.94 bits per heavy atom. The van der Waals surface area contributed by atoms with Gasteiger partial charge in [-0.15, -0.1) is 0 Å². The molecule has 0 radical (unpaired) electrons. The van der Waals surface area contributed by atoms with Crippen molar-refractivity contribution in [3.8, 4) is 0 Å². The monoisotopic (exact) mass is 251 g/mol. The quantitative estimate of drug-likeness (QED) is 0.820. The van der Waals surface area contributed by atoms with E-state index in [1.165, 1.54) is 0 Å². The van der Waals surface area contributed by atoms with E-state index in [4.69, 9.17) is 5.73 Å². The molecule has 3 N–H and O–H groups in total. The fourth-order valence-corrected chi connectivity index (χ4v) is 2.26. The van der Waals surface area contributed by atoms with Crippen molar-refractivity contribution in [3.05, 3.63) is 5.69 Å². The molecule has 6 heteroatoms. The Morgan fingerprint density at radius 2 is 2.22 bits per heavy atom. The van der Waals surface area contributed by atoms with Crippen LogP contribution in [0.3, 0.4) is 0 Å². The number of hydrogen-bond donors (Lipinski definition) is 2. The van der Waals surface area contributed by atoms with Gasteiger partial charge in [-0.1, -0.05) is 6.92 Å². The van der Waals surface area contributed by atoms with Crippen LogP contribution in [0.5, 0.6) is 0 Å². The zero-order valence-electron chi connectivity index (χ0n) is 11.1. The molecule has 2 heterocycles. The van der Waals surface area contributed by atoms with Crippen LogP contribution in [0.15, 0.2) is 0 Å². The summed E-state index contributed by atoms with van der Waals surface area (Å²) < 4.78 is 1.96. The lowest BCUT2D eigenvalue weighted by Crippen LogP contribution is -2.30. The Morgan fingerprint density at radius 1 is 1.44 bits per heavy atom. The van der Waals surface area contributed by atoms with Crippen molar-refractivity contribution < 1.29 is 4.79 Å². The van der Waals surface area contributed by atoms with Crippen LogP contribution in [-0.4, -0.2) is 35.3 Å². The molecule has 1 aliphatic heterocycles. The zero-order chi connectivity index (χ0) is 13.1. The van der Waals surface area contributed by atoms with E-state index in [2.05, 4.69) is 22.2 Å². The van der Waals surface area contributed by atoms with Crippen molar-refractivity contribution in [1.29, 1.82) is 0 Å². The van der Waals surface area contributed by atoms with Crippen molar-refractivity contribution in [3.63, 3.8) is 0 Å². The highest BCUT2D eigenvalue weighted by atomic mass is 16.1. The summed E-state index contributed by atoms with van der Waals surface area (Å²) in [7, 11) is 0. The van der Waals surface area contributed by atoms with Gasteiger partial charge in [-0.25, -0.2) is 4.68 Å². The summed E-state index contributed by atoms with van der Waals surface area (Å²) in [6.07, 6.45) is 1.52. The van der Waals surface area contributed by atoms with Crippen LogP contribution in [0.4, 0.5) is 11.5 Å². The maximum atomic E-state index is 11.4. The van der Waals surface area contributed by atoms with Gasteiger partial charge in [0.05, 0.1) is 11.4 Å². The van der Waals surface area contributed by atoms with Gasteiger partial charge in [0.2, 0.25) is 5.91 Å². The van der Waals surface area contributed by atoms with Gasteiger partial charge in [-0.2, -0.15) is 5.10 Å². The Kier molecular flexibility index (Phi) is 3.74.